The van der Waals surface area contributed by atoms with Crippen LogP contribution in [0.15, 0.2) is 47.3 Å². The Bertz CT molecular complexity index is 2030. The minimum atomic E-state index is -1.05. The first-order valence-electron chi connectivity index (χ1n) is 16.9. The zero-order valence-electron chi connectivity index (χ0n) is 30.2. The van der Waals surface area contributed by atoms with E-state index in [-0.39, 0.29) is 59.3 Å². The molecule has 2 atom stereocenters. The van der Waals surface area contributed by atoms with Crippen LogP contribution in [0.4, 0.5) is 29.9 Å². The molecule has 3 amide bonds. The molecule has 12 nitrogen and oxygen atoms in total. The quantitative estimate of drug-likeness (QED) is 0.176. The number of amides is 3. The zero-order valence-corrected chi connectivity index (χ0v) is 30.2. The molecule has 272 valence electrons. The van der Waals surface area contributed by atoms with Gasteiger partial charge >= 0.3 is 17.8 Å². The number of hydrogen-bond donors (Lipinski definition) is 3. The minimum absolute atomic E-state index is 0.0118. The van der Waals surface area contributed by atoms with Crippen molar-refractivity contribution in [2.24, 2.45) is 5.41 Å². The third-order valence-corrected chi connectivity index (χ3v) is 9.26. The van der Waals surface area contributed by atoms with Gasteiger partial charge in [0.05, 0.1) is 23.7 Å². The highest BCUT2D eigenvalue weighted by Crippen LogP contribution is 2.38. The van der Waals surface area contributed by atoms with Crippen LogP contribution in [0.3, 0.4) is 0 Å². The number of carbonyl (C=O) groups excluding carboxylic acids is 1. The second-order valence-corrected chi connectivity index (χ2v) is 14.2. The molecule has 2 aromatic heterocycles. The first kappa shape index (κ1) is 37.2. The van der Waals surface area contributed by atoms with Crippen molar-refractivity contribution in [3.8, 4) is 16.9 Å². The Kier molecular flexibility index (Phi) is 10.7. The van der Waals surface area contributed by atoms with Crippen molar-refractivity contribution >= 4 is 34.7 Å². The van der Waals surface area contributed by atoms with E-state index in [1.54, 1.807) is 0 Å². The Balaban J connectivity index is 1.73. The Morgan fingerprint density at radius 2 is 1.80 bits per heavy atom. The number of nitrogens with zero attached hydrogens (tertiary/aromatic N) is 5. The van der Waals surface area contributed by atoms with E-state index < -0.39 is 46.9 Å². The van der Waals surface area contributed by atoms with Gasteiger partial charge < -0.3 is 30.3 Å². The summed E-state index contributed by atoms with van der Waals surface area (Å²) in [5.41, 5.74) is 0.669. The molecule has 1 aliphatic heterocycles. The monoisotopic (exact) mass is 705 g/mol. The molecule has 0 bridgehead atoms. The van der Waals surface area contributed by atoms with Crippen LogP contribution in [0.5, 0.6) is 0 Å². The molecule has 0 spiro atoms. The predicted octanol–water partition coefficient (Wildman–Crippen LogP) is 6.53. The number of ether oxygens (including phenoxy) is 1. The number of carbonyl (C=O) groups is 2. The molecule has 2 aromatic carbocycles. The maximum atomic E-state index is 16.3. The molecule has 0 saturated carbocycles. The van der Waals surface area contributed by atoms with Crippen LogP contribution in [-0.2, 0) is 4.74 Å². The van der Waals surface area contributed by atoms with E-state index in [0.29, 0.717) is 12.3 Å². The van der Waals surface area contributed by atoms with Gasteiger partial charge in [-0.2, -0.15) is 4.98 Å². The normalized spacial score (nSPS) is 16.5. The summed E-state index contributed by atoms with van der Waals surface area (Å²) in [5.74, 6) is -1.55. The number of benzene rings is 2. The summed E-state index contributed by atoms with van der Waals surface area (Å²) in [4.78, 5) is 51.2. The number of hydrogen-bond acceptors (Lipinski definition) is 7. The lowest BCUT2D eigenvalue weighted by atomic mass is 9.80. The smallest absolute Gasteiger partial charge is 0.407 e. The minimum Gasteiger partial charge on any atom is -0.465 e. The van der Waals surface area contributed by atoms with E-state index >= 15 is 8.78 Å². The van der Waals surface area contributed by atoms with Crippen molar-refractivity contribution in [1.29, 1.82) is 0 Å². The third kappa shape index (κ3) is 7.36. The number of pyridine rings is 1. The average molecular weight is 706 g/mol. The van der Waals surface area contributed by atoms with Gasteiger partial charge in [-0.15, -0.1) is 0 Å². The van der Waals surface area contributed by atoms with Crippen LogP contribution >= 0.6 is 0 Å². The summed E-state index contributed by atoms with van der Waals surface area (Å²) in [6.07, 6.45) is -1.05. The Labute approximate surface area is 295 Å². The summed E-state index contributed by atoms with van der Waals surface area (Å²) in [6, 6.07) is 9.15. The van der Waals surface area contributed by atoms with Gasteiger partial charge in [0.2, 0.25) is 0 Å². The maximum absolute atomic E-state index is 16.3. The van der Waals surface area contributed by atoms with Gasteiger partial charge in [-0.25, -0.2) is 32.7 Å². The second kappa shape index (κ2) is 14.6. The van der Waals surface area contributed by atoms with Gasteiger partial charge in [0.15, 0.2) is 5.65 Å². The van der Waals surface area contributed by atoms with Gasteiger partial charge in [0.1, 0.15) is 23.1 Å². The average Bonchev–Trinajstić information content (AvgIpc) is 3.04. The number of urea groups is 1. The molecule has 0 radical (unpaired) electrons. The van der Waals surface area contributed by atoms with Crippen LogP contribution in [0.2, 0.25) is 0 Å². The van der Waals surface area contributed by atoms with E-state index in [4.69, 9.17) is 4.74 Å². The summed E-state index contributed by atoms with van der Waals surface area (Å²) < 4.78 is 38.3. The number of carboxylic acid groups (broad SMARTS) is 1. The van der Waals surface area contributed by atoms with Crippen molar-refractivity contribution < 1.29 is 28.2 Å². The number of aromatic nitrogens is 3. The van der Waals surface area contributed by atoms with Crippen molar-refractivity contribution in [3.05, 3.63) is 75.7 Å². The molecular weight excluding hydrogens is 660 g/mol. The highest BCUT2D eigenvalue weighted by molar-refractivity contribution is 5.92. The van der Waals surface area contributed by atoms with E-state index in [2.05, 4.69) is 20.6 Å². The highest BCUT2D eigenvalue weighted by Gasteiger charge is 2.44. The summed E-state index contributed by atoms with van der Waals surface area (Å²) in [5, 5.41) is 15.4. The Morgan fingerprint density at radius 1 is 1.08 bits per heavy atom. The predicted molar refractivity (Wildman–Crippen MR) is 193 cm³/mol. The van der Waals surface area contributed by atoms with Crippen LogP contribution < -0.4 is 21.2 Å². The van der Waals surface area contributed by atoms with E-state index in [1.807, 2.05) is 71.6 Å². The van der Waals surface area contributed by atoms with Crippen molar-refractivity contribution in [3.63, 3.8) is 0 Å². The second-order valence-electron chi connectivity index (χ2n) is 14.2. The fourth-order valence-corrected chi connectivity index (χ4v) is 7.09. The number of aryl methyl sites for hydroxylation is 1. The third-order valence-electron chi connectivity index (χ3n) is 9.26. The molecule has 1 fully saturated rings. The molecule has 2 unspecified atom stereocenters. The fourth-order valence-electron chi connectivity index (χ4n) is 7.09. The Hall–Kier alpha value is -5.11. The van der Waals surface area contributed by atoms with Crippen LogP contribution in [0.1, 0.15) is 58.6 Å². The lowest BCUT2D eigenvalue weighted by Gasteiger charge is -2.51. The molecule has 3 heterocycles. The van der Waals surface area contributed by atoms with Gasteiger partial charge in [0.25, 0.3) is 0 Å². The van der Waals surface area contributed by atoms with E-state index in [9.17, 15) is 19.5 Å². The van der Waals surface area contributed by atoms with Crippen LogP contribution in [0, 0.1) is 24.0 Å². The fraction of sp³-hybridized carbons (Fsp3) is 0.432. The number of anilines is 2. The largest absolute Gasteiger partial charge is 0.465 e. The Morgan fingerprint density at radius 3 is 2.43 bits per heavy atom. The molecule has 4 aromatic rings. The van der Waals surface area contributed by atoms with Gasteiger partial charge in [0, 0.05) is 44.0 Å². The van der Waals surface area contributed by atoms with Gasteiger partial charge in [-0.3, -0.25) is 0 Å². The highest BCUT2D eigenvalue weighted by atomic mass is 19.1. The molecule has 51 heavy (non-hydrogen) atoms. The number of piperazine rings is 1. The molecule has 1 saturated heterocycles. The molecular formula is C37H45F2N7O5. The number of para-hydroxylation sites is 1. The summed E-state index contributed by atoms with van der Waals surface area (Å²) in [7, 11) is 1.50. The van der Waals surface area contributed by atoms with Crippen LogP contribution in [-0.4, -0.2) is 82.1 Å². The van der Waals surface area contributed by atoms with E-state index in [1.165, 1.54) is 34.8 Å². The first-order valence-corrected chi connectivity index (χ1v) is 16.9. The maximum Gasteiger partial charge on any atom is 0.407 e. The molecule has 0 aliphatic carbocycles. The number of halogens is 2. The van der Waals surface area contributed by atoms with E-state index in [0.717, 1.165) is 17.2 Å². The van der Waals surface area contributed by atoms with Gasteiger partial charge in [-0.05, 0) is 60.6 Å². The number of methoxy groups -OCH3 is 1. The molecule has 14 heteroatoms. The lowest BCUT2D eigenvalue weighted by molar-refractivity contribution is 0.0562. The van der Waals surface area contributed by atoms with Crippen LogP contribution in [0.25, 0.3) is 28.0 Å². The van der Waals surface area contributed by atoms with Crippen molar-refractivity contribution in [2.75, 3.05) is 43.6 Å². The first-order chi connectivity index (χ1) is 24.0. The van der Waals surface area contributed by atoms with Crippen molar-refractivity contribution in [2.45, 2.75) is 66.5 Å². The number of rotatable bonds is 8. The number of nitrogens with one attached hydrogen (secondary N) is 2. The lowest BCUT2D eigenvalue weighted by Crippen LogP contribution is -2.64. The summed E-state index contributed by atoms with van der Waals surface area (Å²) in [6.45, 7) is 14.4. The molecule has 3 N–H and O–H groups in total. The molecule has 1 aliphatic rings. The SMILES string of the molecule is COCCNC(=O)Nc1ccc(-c2nc3c(cc2F)c(N2CCN(C(=O)O)C(C(C)(C)C)C2C)nc(=O)n3-c2c(C)cccc2C(C)C)c(F)c1. The zero-order chi connectivity index (χ0) is 37.4. The van der Waals surface area contributed by atoms with Crippen molar-refractivity contribution in [1.82, 2.24) is 24.8 Å². The summed E-state index contributed by atoms with van der Waals surface area (Å²) >= 11 is 0. The molecule has 5 rings (SSSR count). The topological polar surface area (TPSA) is 142 Å². The number of fused-ring (bicyclic) bond motifs is 1. The van der Waals surface area contributed by atoms with Gasteiger partial charge in [-0.1, -0.05) is 52.8 Å². The standard InChI is InChI=1S/C37H45F2N7O5/c1-20(2)24-11-9-10-21(3)30(24)46-33-26(32(43-35(46)48)44-15-16-45(36(49)50)31(22(44)4)37(5,6)7)19-28(39)29(42-33)25-13-12-23(18-27(25)38)41-34(47)40-14-17-51-8/h9-13,18-20,22,31H,14-17H2,1-8H3,(H,49,50)(H2,40,41,47).